The molecule has 29 heavy (non-hydrogen) atoms. The Morgan fingerprint density at radius 3 is 2.93 bits per heavy atom. The van der Waals surface area contributed by atoms with E-state index in [1.165, 1.54) is 6.07 Å². The molecule has 0 bridgehead atoms. The summed E-state index contributed by atoms with van der Waals surface area (Å²) in [6.07, 6.45) is 3.43. The van der Waals surface area contributed by atoms with Crippen LogP contribution in [0, 0.1) is 5.82 Å². The minimum Gasteiger partial charge on any atom is -0.393 e. The third-order valence-electron chi connectivity index (χ3n) is 4.92. The van der Waals surface area contributed by atoms with E-state index in [1.807, 2.05) is 19.1 Å². The van der Waals surface area contributed by atoms with Gasteiger partial charge in [-0.05, 0) is 30.7 Å². The van der Waals surface area contributed by atoms with Crippen LogP contribution in [-0.4, -0.2) is 48.4 Å². The molecule has 3 aromatic heterocycles. The van der Waals surface area contributed by atoms with Crippen LogP contribution in [0.15, 0.2) is 41.8 Å². The summed E-state index contributed by atoms with van der Waals surface area (Å²) < 4.78 is 18.2. The van der Waals surface area contributed by atoms with Crippen molar-refractivity contribution in [2.45, 2.75) is 19.8 Å². The Balaban J connectivity index is 1.74. The highest BCUT2D eigenvalue weighted by Gasteiger charge is 2.20. The third-order valence-corrected chi connectivity index (χ3v) is 4.92. The van der Waals surface area contributed by atoms with Crippen molar-refractivity contribution in [2.75, 3.05) is 13.2 Å². The van der Waals surface area contributed by atoms with E-state index >= 15 is 0 Å². The smallest absolute Gasteiger partial charge is 0.153 e. The number of imidazole rings is 1. The molecular weight excluding hydrogens is 375 g/mol. The summed E-state index contributed by atoms with van der Waals surface area (Å²) in [7, 11) is 1.79. The number of hydrogen-bond donors (Lipinski definition) is 1. The zero-order chi connectivity index (χ0) is 20.5. The van der Waals surface area contributed by atoms with Gasteiger partial charge in [-0.2, -0.15) is 10.2 Å². The fourth-order valence-electron chi connectivity index (χ4n) is 3.29. The first-order valence-electron chi connectivity index (χ1n) is 9.23. The second kappa shape index (κ2) is 7.59. The number of rotatable bonds is 6. The molecule has 0 saturated heterocycles. The van der Waals surface area contributed by atoms with E-state index in [-0.39, 0.29) is 24.9 Å². The van der Waals surface area contributed by atoms with Gasteiger partial charge in [-0.25, -0.2) is 13.9 Å². The van der Waals surface area contributed by atoms with Crippen LogP contribution >= 0.6 is 0 Å². The summed E-state index contributed by atoms with van der Waals surface area (Å²) in [6.45, 7) is 3.69. The molecule has 4 aromatic rings. The Morgan fingerprint density at radius 2 is 2.14 bits per heavy atom. The van der Waals surface area contributed by atoms with Crippen molar-refractivity contribution in [1.82, 2.24) is 24.4 Å². The van der Waals surface area contributed by atoms with Crippen molar-refractivity contribution in [3.8, 4) is 0 Å². The van der Waals surface area contributed by atoms with Crippen molar-refractivity contribution < 1.29 is 14.3 Å². The van der Waals surface area contributed by atoms with Gasteiger partial charge in [-0.15, -0.1) is 0 Å². The van der Waals surface area contributed by atoms with Crippen LogP contribution in [0.5, 0.6) is 0 Å². The van der Waals surface area contributed by atoms with Crippen LogP contribution < -0.4 is 0 Å². The molecule has 0 amide bonds. The van der Waals surface area contributed by atoms with Gasteiger partial charge in [0.05, 0.1) is 30.2 Å². The first-order valence-corrected chi connectivity index (χ1v) is 9.23. The first-order chi connectivity index (χ1) is 14.0. The van der Waals surface area contributed by atoms with Gasteiger partial charge in [0, 0.05) is 24.4 Å². The average Bonchev–Trinajstić information content (AvgIpc) is 3.30. The summed E-state index contributed by atoms with van der Waals surface area (Å²) in [4.78, 5) is 9.41. The lowest BCUT2D eigenvalue weighted by molar-refractivity contribution is 0.0986. The fraction of sp³-hybridized carbons (Fsp3) is 0.300. The highest BCUT2D eigenvalue weighted by Crippen LogP contribution is 2.29. The summed E-state index contributed by atoms with van der Waals surface area (Å²) >= 11 is 0. The highest BCUT2D eigenvalue weighted by molar-refractivity contribution is 5.96. The molecule has 0 saturated carbocycles. The fourth-order valence-corrected chi connectivity index (χ4v) is 3.29. The highest BCUT2D eigenvalue weighted by atomic mass is 19.1. The largest absolute Gasteiger partial charge is 0.393 e. The maximum Gasteiger partial charge on any atom is 0.153 e. The van der Waals surface area contributed by atoms with E-state index in [0.717, 1.165) is 16.6 Å². The number of halogens is 1. The topological polar surface area (TPSA) is 89.8 Å². The van der Waals surface area contributed by atoms with Crippen LogP contribution in [-0.2, 0) is 11.9 Å². The molecule has 4 rings (SSSR count). The van der Waals surface area contributed by atoms with Crippen LogP contribution in [0.4, 0.5) is 4.39 Å². The molecular formula is C20H21FN6O2. The third kappa shape index (κ3) is 3.44. The van der Waals surface area contributed by atoms with E-state index in [2.05, 4.69) is 20.3 Å². The molecule has 3 heterocycles. The van der Waals surface area contributed by atoms with Crippen LogP contribution in [0.25, 0.3) is 16.6 Å². The maximum absolute atomic E-state index is 14.9. The summed E-state index contributed by atoms with van der Waals surface area (Å²) in [6, 6.07) is 6.94. The van der Waals surface area contributed by atoms with Crippen LogP contribution in [0.2, 0.25) is 0 Å². The number of hydrogen-bond acceptors (Lipinski definition) is 6. The summed E-state index contributed by atoms with van der Waals surface area (Å²) in [5.74, 6) is -0.574. The Kier molecular flexibility index (Phi) is 4.98. The number of benzene rings is 1. The van der Waals surface area contributed by atoms with Gasteiger partial charge in [0.25, 0.3) is 0 Å². The number of aliphatic hydroxyl groups excluding tert-OH is 1. The molecule has 0 spiro atoms. The lowest BCUT2D eigenvalue weighted by atomic mass is 9.96. The van der Waals surface area contributed by atoms with Crippen LogP contribution in [0.1, 0.15) is 36.7 Å². The zero-order valence-corrected chi connectivity index (χ0v) is 16.4. The number of aliphatic hydroxyl groups is 1. The predicted molar refractivity (Wildman–Crippen MR) is 106 cm³/mol. The number of fused-ring (bicyclic) bond motifs is 2. The molecule has 1 N–H and O–H groups in total. The lowest BCUT2D eigenvalue weighted by Crippen LogP contribution is -2.09. The van der Waals surface area contributed by atoms with E-state index < -0.39 is 0 Å². The second-order valence-corrected chi connectivity index (χ2v) is 6.83. The molecule has 1 atom stereocenters. The standard InChI is InChI=1S/C20H21FN6O2/c1-12(15-8-14-10-23-26(3)18(14)9-16(15)21)19-11-22-20-5-4-17(24-27(19)20)13(2)25-29-7-6-28/h4-5,8-12,28H,6-7H2,1-3H3. The van der Waals surface area contributed by atoms with E-state index in [0.29, 0.717) is 22.6 Å². The molecule has 0 fully saturated rings. The van der Waals surface area contributed by atoms with Gasteiger partial charge in [0.15, 0.2) is 5.65 Å². The monoisotopic (exact) mass is 396 g/mol. The Bertz CT molecular complexity index is 1210. The van der Waals surface area contributed by atoms with Crippen molar-refractivity contribution in [3.05, 3.63) is 59.4 Å². The number of aromatic nitrogens is 5. The molecule has 0 radical (unpaired) electrons. The molecule has 1 unspecified atom stereocenters. The number of oxime groups is 1. The number of nitrogens with zero attached hydrogens (tertiary/aromatic N) is 6. The molecule has 8 nitrogen and oxygen atoms in total. The molecule has 0 aliphatic heterocycles. The quantitative estimate of drug-likeness (QED) is 0.307. The zero-order valence-electron chi connectivity index (χ0n) is 16.4. The Labute approximate surface area is 166 Å². The van der Waals surface area contributed by atoms with Gasteiger partial charge >= 0.3 is 0 Å². The van der Waals surface area contributed by atoms with Crippen LogP contribution in [0.3, 0.4) is 0 Å². The van der Waals surface area contributed by atoms with Gasteiger partial charge < -0.3 is 9.94 Å². The summed E-state index contributed by atoms with van der Waals surface area (Å²) in [5, 5.41) is 22.4. The SMILES string of the molecule is CC(=NOCCO)c1ccc2ncc(C(C)c3cc4cnn(C)c4cc3F)n2n1. The van der Waals surface area contributed by atoms with E-state index in [1.54, 1.807) is 41.6 Å². The predicted octanol–water partition coefficient (Wildman–Crippen LogP) is 2.64. The summed E-state index contributed by atoms with van der Waals surface area (Å²) in [5.41, 5.74) is 3.87. The lowest BCUT2D eigenvalue weighted by Gasteiger charge is -2.13. The number of aryl methyl sites for hydroxylation is 1. The maximum atomic E-state index is 14.9. The minimum atomic E-state index is -0.296. The normalized spacial score (nSPS) is 13.3. The molecule has 0 aliphatic carbocycles. The molecule has 1 aromatic carbocycles. The van der Waals surface area contributed by atoms with E-state index in [9.17, 15) is 4.39 Å². The van der Waals surface area contributed by atoms with Gasteiger partial charge in [0.2, 0.25) is 0 Å². The Hall–Kier alpha value is -3.33. The first kappa shape index (κ1) is 19.0. The van der Waals surface area contributed by atoms with Crippen molar-refractivity contribution in [1.29, 1.82) is 0 Å². The Morgan fingerprint density at radius 1 is 1.31 bits per heavy atom. The average molecular weight is 396 g/mol. The molecule has 9 heteroatoms. The van der Waals surface area contributed by atoms with Crippen molar-refractivity contribution in [2.24, 2.45) is 12.2 Å². The van der Waals surface area contributed by atoms with Gasteiger partial charge in [-0.1, -0.05) is 12.1 Å². The minimum absolute atomic E-state index is 0.112. The van der Waals surface area contributed by atoms with Crippen molar-refractivity contribution in [3.63, 3.8) is 0 Å². The van der Waals surface area contributed by atoms with E-state index in [4.69, 9.17) is 9.94 Å². The second-order valence-electron chi connectivity index (χ2n) is 6.83. The van der Waals surface area contributed by atoms with Gasteiger partial charge in [0.1, 0.15) is 23.8 Å². The van der Waals surface area contributed by atoms with Crippen molar-refractivity contribution >= 4 is 22.3 Å². The molecule has 150 valence electrons. The van der Waals surface area contributed by atoms with Gasteiger partial charge in [-0.3, -0.25) is 4.68 Å². The molecule has 0 aliphatic rings.